The lowest BCUT2D eigenvalue weighted by Crippen LogP contribution is -2.22. The molecular weight excluding hydrogens is 254 g/mol. The van der Waals surface area contributed by atoms with Gasteiger partial charge in [-0.15, -0.1) is 11.3 Å². The molecule has 0 spiro atoms. The monoisotopic (exact) mass is 263 g/mol. The molecule has 16 heavy (non-hydrogen) atoms. The van der Waals surface area contributed by atoms with E-state index >= 15 is 0 Å². The molecule has 1 rings (SSSR count). The fourth-order valence-corrected chi connectivity index (χ4v) is 2.23. The third-order valence-electron chi connectivity index (χ3n) is 1.53. The highest BCUT2D eigenvalue weighted by molar-refractivity contribution is 7.91. The molecule has 0 bridgehead atoms. The van der Waals surface area contributed by atoms with E-state index in [1.165, 1.54) is 11.4 Å². The average Bonchev–Trinajstić information content (AvgIpc) is 2.47. The van der Waals surface area contributed by atoms with Gasteiger partial charge in [0.05, 0.1) is 5.69 Å². The molecule has 0 aromatic carbocycles. The van der Waals surface area contributed by atoms with Crippen molar-refractivity contribution in [1.82, 2.24) is 0 Å². The highest BCUT2D eigenvalue weighted by Crippen LogP contribution is 2.21. The minimum Gasteiger partial charge on any atom is -0.477 e. The molecule has 1 heterocycles. The Morgan fingerprint density at radius 1 is 1.50 bits per heavy atom. The van der Waals surface area contributed by atoms with E-state index in [-0.39, 0.29) is 10.6 Å². The van der Waals surface area contributed by atoms with Crippen LogP contribution in [-0.2, 0) is 14.6 Å². The molecule has 0 atom stereocenters. The van der Waals surface area contributed by atoms with Crippen LogP contribution in [0.25, 0.3) is 0 Å². The first-order valence-corrected chi connectivity index (χ1v) is 7.02. The number of aromatic carboxylic acids is 1. The van der Waals surface area contributed by atoms with Crippen molar-refractivity contribution in [3.05, 3.63) is 16.3 Å². The van der Waals surface area contributed by atoms with Crippen LogP contribution >= 0.6 is 11.3 Å². The number of carboxylic acids is 1. The first kappa shape index (κ1) is 12.7. The Morgan fingerprint density at radius 3 is 2.62 bits per heavy atom. The number of carboxylic acid groups (broad SMARTS) is 1. The normalized spacial score (nSPS) is 11.1. The van der Waals surface area contributed by atoms with Gasteiger partial charge in [0, 0.05) is 6.26 Å². The summed E-state index contributed by atoms with van der Waals surface area (Å²) in [6.45, 7) is 0. The Hall–Kier alpha value is -1.41. The number of nitrogens with one attached hydrogen (secondary N) is 1. The number of sulfone groups is 1. The summed E-state index contributed by atoms with van der Waals surface area (Å²) in [5.41, 5.74) is 0.117. The summed E-state index contributed by atoms with van der Waals surface area (Å²) < 4.78 is 21.6. The van der Waals surface area contributed by atoms with E-state index < -0.39 is 27.5 Å². The highest BCUT2D eigenvalue weighted by Gasteiger charge is 2.16. The van der Waals surface area contributed by atoms with Gasteiger partial charge in [-0.25, -0.2) is 13.2 Å². The number of amides is 1. The summed E-state index contributed by atoms with van der Waals surface area (Å²) in [6.07, 6.45) is 0.929. The number of thiophene rings is 1. The predicted molar refractivity (Wildman–Crippen MR) is 59.6 cm³/mol. The molecule has 0 aliphatic carbocycles. The molecule has 0 fully saturated rings. The molecule has 0 aliphatic heterocycles. The molecule has 0 aliphatic rings. The van der Waals surface area contributed by atoms with Gasteiger partial charge in [0.15, 0.2) is 9.84 Å². The van der Waals surface area contributed by atoms with Crippen LogP contribution in [0.3, 0.4) is 0 Å². The molecule has 8 heteroatoms. The van der Waals surface area contributed by atoms with E-state index in [0.29, 0.717) is 0 Å². The minimum atomic E-state index is -3.42. The summed E-state index contributed by atoms with van der Waals surface area (Å²) in [6, 6.07) is 1.41. The topological polar surface area (TPSA) is 101 Å². The Labute approximate surface area is 95.8 Å². The fourth-order valence-electron chi connectivity index (χ4n) is 0.998. The second-order valence-electron chi connectivity index (χ2n) is 3.09. The number of hydrogen-bond donors (Lipinski definition) is 2. The number of anilines is 1. The van der Waals surface area contributed by atoms with Gasteiger partial charge in [-0.05, 0) is 11.4 Å². The van der Waals surface area contributed by atoms with Gasteiger partial charge in [0.25, 0.3) is 0 Å². The van der Waals surface area contributed by atoms with E-state index in [1.54, 1.807) is 0 Å². The lowest BCUT2D eigenvalue weighted by atomic mass is 10.4. The van der Waals surface area contributed by atoms with Gasteiger partial charge in [0.1, 0.15) is 10.6 Å². The van der Waals surface area contributed by atoms with Crippen molar-refractivity contribution in [2.24, 2.45) is 0 Å². The molecule has 1 aromatic heterocycles. The van der Waals surface area contributed by atoms with Crippen molar-refractivity contribution < 1.29 is 23.1 Å². The average molecular weight is 263 g/mol. The van der Waals surface area contributed by atoms with Crippen LogP contribution < -0.4 is 5.32 Å². The van der Waals surface area contributed by atoms with Crippen LogP contribution in [0.15, 0.2) is 11.4 Å². The summed E-state index contributed by atoms with van der Waals surface area (Å²) in [5.74, 6) is -2.57. The fraction of sp³-hybridized carbons (Fsp3) is 0.250. The van der Waals surface area contributed by atoms with Crippen molar-refractivity contribution in [2.75, 3.05) is 17.3 Å². The van der Waals surface area contributed by atoms with Gasteiger partial charge in [-0.1, -0.05) is 0 Å². The maximum Gasteiger partial charge on any atom is 0.348 e. The van der Waals surface area contributed by atoms with E-state index in [4.69, 9.17) is 5.11 Å². The minimum absolute atomic E-state index is 0.0261. The van der Waals surface area contributed by atoms with Crippen molar-refractivity contribution >= 4 is 38.7 Å². The first-order chi connectivity index (χ1) is 7.29. The second-order valence-corrected chi connectivity index (χ2v) is 6.14. The Kier molecular flexibility index (Phi) is 3.66. The Bertz CT molecular complexity index is 516. The van der Waals surface area contributed by atoms with Gasteiger partial charge >= 0.3 is 5.97 Å². The number of hydrogen-bond acceptors (Lipinski definition) is 5. The van der Waals surface area contributed by atoms with Crippen LogP contribution in [0.2, 0.25) is 0 Å². The van der Waals surface area contributed by atoms with Crippen molar-refractivity contribution in [3.8, 4) is 0 Å². The van der Waals surface area contributed by atoms with Crippen molar-refractivity contribution in [3.63, 3.8) is 0 Å². The van der Waals surface area contributed by atoms with Crippen molar-refractivity contribution in [1.29, 1.82) is 0 Å². The van der Waals surface area contributed by atoms with Gasteiger partial charge in [0.2, 0.25) is 5.91 Å². The molecule has 0 radical (unpaired) electrons. The maximum absolute atomic E-state index is 11.2. The largest absolute Gasteiger partial charge is 0.477 e. The molecule has 88 valence electrons. The summed E-state index contributed by atoms with van der Waals surface area (Å²) in [4.78, 5) is 21.9. The molecule has 6 nitrogen and oxygen atoms in total. The van der Waals surface area contributed by atoms with Crippen molar-refractivity contribution in [2.45, 2.75) is 0 Å². The zero-order chi connectivity index (χ0) is 12.3. The van der Waals surface area contributed by atoms with E-state index in [9.17, 15) is 18.0 Å². The SMILES string of the molecule is CS(=O)(=O)CC(=O)Nc1ccsc1C(=O)O. The van der Waals surface area contributed by atoms with Gasteiger partial charge in [-0.2, -0.15) is 0 Å². The molecule has 1 aromatic rings. The van der Waals surface area contributed by atoms with Gasteiger partial charge < -0.3 is 10.4 Å². The van der Waals surface area contributed by atoms with Crippen LogP contribution in [0, 0.1) is 0 Å². The lowest BCUT2D eigenvalue weighted by Gasteiger charge is -2.02. The van der Waals surface area contributed by atoms with Crippen LogP contribution in [-0.4, -0.2) is 37.4 Å². The summed E-state index contributed by atoms with van der Waals surface area (Å²) in [7, 11) is -3.42. The third kappa shape index (κ3) is 3.63. The number of carbonyl (C=O) groups excluding carboxylic acids is 1. The number of carbonyl (C=O) groups is 2. The second kappa shape index (κ2) is 4.62. The standard InChI is InChI=1S/C8H9NO5S2/c1-16(13,14)4-6(10)9-5-2-3-15-7(5)8(11)12/h2-3H,4H2,1H3,(H,9,10)(H,11,12). The zero-order valence-electron chi connectivity index (χ0n) is 8.26. The van der Waals surface area contributed by atoms with Gasteiger partial charge in [-0.3, -0.25) is 4.79 Å². The van der Waals surface area contributed by atoms with Crippen LogP contribution in [0.5, 0.6) is 0 Å². The van der Waals surface area contributed by atoms with E-state index in [1.807, 2.05) is 0 Å². The quantitative estimate of drug-likeness (QED) is 0.820. The first-order valence-electron chi connectivity index (χ1n) is 4.08. The molecule has 0 unspecified atom stereocenters. The molecule has 2 N–H and O–H groups in total. The zero-order valence-corrected chi connectivity index (χ0v) is 9.89. The molecule has 0 saturated carbocycles. The maximum atomic E-state index is 11.2. The predicted octanol–water partition coefficient (Wildman–Crippen LogP) is 0.429. The Morgan fingerprint density at radius 2 is 2.12 bits per heavy atom. The van der Waals surface area contributed by atoms with Crippen LogP contribution in [0.4, 0.5) is 5.69 Å². The molecular formula is C8H9NO5S2. The lowest BCUT2D eigenvalue weighted by molar-refractivity contribution is -0.113. The number of rotatable bonds is 4. The van der Waals surface area contributed by atoms with E-state index in [0.717, 1.165) is 17.6 Å². The highest BCUT2D eigenvalue weighted by atomic mass is 32.2. The van der Waals surface area contributed by atoms with E-state index in [2.05, 4.69) is 5.32 Å². The van der Waals surface area contributed by atoms with Crippen LogP contribution in [0.1, 0.15) is 9.67 Å². The molecule has 0 saturated heterocycles. The summed E-state index contributed by atoms with van der Waals surface area (Å²) >= 11 is 0.954. The molecule has 1 amide bonds. The smallest absolute Gasteiger partial charge is 0.348 e. The summed E-state index contributed by atoms with van der Waals surface area (Å²) in [5, 5.41) is 12.5. The Balaban J connectivity index is 2.78. The third-order valence-corrected chi connectivity index (χ3v) is 3.22.